The Labute approximate surface area is 166 Å². The maximum Gasteiger partial charge on any atom is 0.275 e. The number of amides is 1. The average Bonchev–Trinajstić information content (AvgIpc) is 3.53. The van der Waals surface area contributed by atoms with Crippen molar-refractivity contribution in [3.63, 3.8) is 0 Å². The molecule has 1 saturated carbocycles. The molecular formula is C19H30N3O5S+. The summed E-state index contributed by atoms with van der Waals surface area (Å²) in [6.45, 7) is 4.43. The summed E-state index contributed by atoms with van der Waals surface area (Å²) in [5.74, 6) is 1.55. The van der Waals surface area contributed by atoms with Gasteiger partial charge in [0, 0.05) is 12.1 Å². The van der Waals surface area contributed by atoms with Gasteiger partial charge in [0.25, 0.3) is 5.91 Å². The average molecular weight is 413 g/mol. The predicted octanol–water partition coefficient (Wildman–Crippen LogP) is -0.492. The molecule has 156 valence electrons. The molecule has 1 aromatic rings. The molecule has 0 spiro atoms. The maximum atomic E-state index is 13.0. The summed E-state index contributed by atoms with van der Waals surface area (Å²) in [6, 6.07) is 4.85. The molecule has 9 heteroatoms. The van der Waals surface area contributed by atoms with Crippen molar-refractivity contribution in [2.75, 3.05) is 46.9 Å². The Morgan fingerprint density at radius 1 is 1.21 bits per heavy atom. The second kappa shape index (κ2) is 8.67. The van der Waals surface area contributed by atoms with E-state index in [0.717, 1.165) is 4.90 Å². The molecule has 1 aliphatic heterocycles. The lowest BCUT2D eigenvalue weighted by Crippen LogP contribution is -3.15. The van der Waals surface area contributed by atoms with Crippen molar-refractivity contribution in [1.82, 2.24) is 9.62 Å². The molecule has 8 nitrogen and oxygen atoms in total. The largest absolute Gasteiger partial charge is 0.493 e. The number of carbonyl (C=O) groups excluding carboxylic acids is 1. The summed E-state index contributed by atoms with van der Waals surface area (Å²) in [7, 11) is -0.622. The molecule has 1 amide bonds. The van der Waals surface area contributed by atoms with Gasteiger partial charge in [-0.3, -0.25) is 4.79 Å². The van der Waals surface area contributed by atoms with Gasteiger partial charge in [-0.25, -0.2) is 8.42 Å². The van der Waals surface area contributed by atoms with E-state index in [2.05, 4.69) is 12.2 Å². The molecule has 1 saturated heterocycles. The fraction of sp³-hybridized carbons (Fsp3) is 0.632. The highest BCUT2D eigenvalue weighted by Gasteiger charge is 2.33. The van der Waals surface area contributed by atoms with Gasteiger partial charge in [0.15, 0.2) is 18.0 Å². The van der Waals surface area contributed by atoms with Gasteiger partial charge in [-0.2, -0.15) is 4.31 Å². The molecule has 2 fully saturated rings. The molecule has 2 aliphatic rings. The summed E-state index contributed by atoms with van der Waals surface area (Å²) in [4.78, 5) is 13.5. The number of methoxy groups -OCH3 is 2. The minimum absolute atomic E-state index is 0.0468. The lowest BCUT2D eigenvalue weighted by Gasteiger charge is -2.31. The van der Waals surface area contributed by atoms with Gasteiger partial charge in [0.1, 0.15) is 0 Å². The second-order valence-corrected chi connectivity index (χ2v) is 9.48. The zero-order valence-electron chi connectivity index (χ0n) is 16.7. The number of rotatable bonds is 8. The van der Waals surface area contributed by atoms with Gasteiger partial charge >= 0.3 is 0 Å². The minimum Gasteiger partial charge on any atom is -0.493 e. The Bertz CT molecular complexity index is 802. The highest BCUT2D eigenvalue weighted by molar-refractivity contribution is 7.89. The van der Waals surface area contributed by atoms with E-state index in [1.807, 2.05) is 0 Å². The lowest BCUT2D eigenvalue weighted by molar-refractivity contribution is -0.895. The fourth-order valence-corrected chi connectivity index (χ4v) is 5.05. The minimum atomic E-state index is -3.61. The molecule has 3 rings (SSSR count). The molecule has 28 heavy (non-hydrogen) atoms. The van der Waals surface area contributed by atoms with Crippen molar-refractivity contribution < 1.29 is 27.6 Å². The molecule has 1 heterocycles. The molecule has 0 radical (unpaired) electrons. The van der Waals surface area contributed by atoms with Gasteiger partial charge in [0.2, 0.25) is 10.0 Å². The van der Waals surface area contributed by atoms with E-state index >= 15 is 0 Å². The van der Waals surface area contributed by atoms with Crippen LogP contribution >= 0.6 is 0 Å². The molecule has 0 unspecified atom stereocenters. The molecule has 1 aromatic carbocycles. The van der Waals surface area contributed by atoms with E-state index < -0.39 is 10.0 Å². The van der Waals surface area contributed by atoms with Crippen molar-refractivity contribution in [2.45, 2.75) is 30.7 Å². The van der Waals surface area contributed by atoms with Gasteiger partial charge < -0.3 is 19.7 Å². The Kier molecular flexibility index (Phi) is 6.47. The highest BCUT2D eigenvalue weighted by atomic mass is 32.2. The smallest absolute Gasteiger partial charge is 0.275 e. The van der Waals surface area contributed by atoms with E-state index in [1.54, 1.807) is 6.07 Å². The zero-order chi connectivity index (χ0) is 20.3. The van der Waals surface area contributed by atoms with E-state index in [1.165, 1.54) is 43.5 Å². The topological polar surface area (TPSA) is 89.4 Å². The van der Waals surface area contributed by atoms with E-state index in [-0.39, 0.29) is 16.8 Å². The number of ether oxygens (including phenoxy) is 2. The van der Waals surface area contributed by atoms with Crippen LogP contribution in [0.4, 0.5) is 0 Å². The van der Waals surface area contributed by atoms with Crippen LogP contribution in [0.2, 0.25) is 0 Å². The quantitative estimate of drug-likeness (QED) is 0.601. The van der Waals surface area contributed by atoms with Gasteiger partial charge in [-0.15, -0.1) is 0 Å². The number of hydrogen-bond donors (Lipinski definition) is 2. The Balaban J connectivity index is 1.56. The van der Waals surface area contributed by atoms with Crippen LogP contribution < -0.4 is 19.7 Å². The van der Waals surface area contributed by atoms with Crippen LogP contribution in [0.3, 0.4) is 0 Å². The normalized spacial score (nSPS) is 19.8. The summed E-state index contributed by atoms with van der Waals surface area (Å²) in [5.41, 5.74) is 0. The first-order valence-electron chi connectivity index (χ1n) is 9.70. The van der Waals surface area contributed by atoms with Crippen molar-refractivity contribution in [1.29, 1.82) is 0 Å². The SMILES string of the molecule is COc1ccc(S(=O)(=O)N2CC[NH+](CC(=O)N[C@H](C)C3CC3)CC2)cc1OC. The zero-order valence-corrected chi connectivity index (χ0v) is 17.5. The van der Waals surface area contributed by atoms with Crippen molar-refractivity contribution in [3.8, 4) is 11.5 Å². The Hall–Kier alpha value is -1.84. The number of quaternary nitrogens is 1. The fourth-order valence-electron chi connectivity index (χ4n) is 3.59. The number of benzene rings is 1. The number of sulfonamides is 1. The first-order valence-corrected chi connectivity index (χ1v) is 11.1. The van der Waals surface area contributed by atoms with Crippen LogP contribution in [-0.4, -0.2) is 71.6 Å². The molecule has 0 bridgehead atoms. The Morgan fingerprint density at radius 2 is 1.86 bits per heavy atom. The number of carbonyl (C=O) groups is 1. The molecule has 2 N–H and O–H groups in total. The summed E-state index contributed by atoms with van der Waals surface area (Å²) < 4.78 is 37.8. The Morgan fingerprint density at radius 3 is 2.43 bits per heavy atom. The third-order valence-corrected chi connectivity index (χ3v) is 7.45. The van der Waals surface area contributed by atoms with E-state index in [0.29, 0.717) is 50.1 Å². The van der Waals surface area contributed by atoms with Gasteiger partial charge in [-0.05, 0) is 37.8 Å². The van der Waals surface area contributed by atoms with Crippen molar-refractivity contribution in [3.05, 3.63) is 18.2 Å². The lowest BCUT2D eigenvalue weighted by atomic mass is 10.2. The monoisotopic (exact) mass is 412 g/mol. The van der Waals surface area contributed by atoms with Crippen LogP contribution in [0, 0.1) is 5.92 Å². The summed E-state index contributed by atoms with van der Waals surface area (Å²) >= 11 is 0. The summed E-state index contributed by atoms with van der Waals surface area (Å²) in [5, 5.41) is 3.06. The predicted molar refractivity (Wildman–Crippen MR) is 104 cm³/mol. The van der Waals surface area contributed by atoms with Crippen LogP contribution in [0.5, 0.6) is 11.5 Å². The molecular weight excluding hydrogens is 382 g/mol. The first kappa shape index (κ1) is 20.9. The van der Waals surface area contributed by atoms with Crippen LogP contribution in [0.25, 0.3) is 0 Å². The summed E-state index contributed by atoms with van der Waals surface area (Å²) in [6.07, 6.45) is 2.39. The van der Waals surface area contributed by atoms with Crippen molar-refractivity contribution in [2.24, 2.45) is 5.92 Å². The molecule has 0 aromatic heterocycles. The second-order valence-electron chi connectivity index (χ2n) is 7.54. The number of nitrogens with zero attached hydrogens (tertiary/aromatic N) is 1. The van der Waals surface area contributed by atoms with Crippen LogP contribution in [-0.2, 0) is 14.8 Å². The van der Waals surface area contributed by atoms with E-state index in [9.17, 15) is 13.2 Å². The number of hydrogen-bond acceptors (Lipinski definition) is 5. The number of piperazine rings is 1. The van der Waals surface area contributed by atoms with Crippen LogP contribution in [0.1, 0.15) is 19.8 Å². The highest BCUT2D eigenvalue weighted by Crippen LogP contribution is 2.32. The first-order chi connectivity index (χ1) is 13.3. The molecule has 1 atom stereocenters. The maximum absolute atomic E-state index is 13.0. The number of nitrogens with one attached hydrogen (secondary N) is 2. The third-order valence-electron chi connectivity index (χ3n) is 5.55. The van der Waals surface area contributed by atoms with Crippen molar-refractivity contribution >= 4 is 15.9 Å². The molecule has 1 aliphatic carbocycles. The van der Waals surface area contributed by atoms with E-state index in [4.69, 9.17) is 9.47 Å². The van der Waals surface area contributed by atoms with Gasteiger partial charge in [0.05, 0.1) is 45.3 Å². The standard InChI is InChI=1S/C19H29N3O5S/c1-14(15-4-5-15)20-19(23)13-21-8-10-22(11-9-21)28(24,25)16-6-7-17(26-2)18(12-16)27-3/h6-7,12,14-15H,4-5,8-11,13H2,1-3H3,(H,20,23)/p+1/t14-/m1/s1. The van der Waals surface area contributed by atoms with Gasteiger partial charge in [-0.1, -0.05) is 0 Å². The van der Waals surface area contributed by atoms with Crippen LogP contribution in [0.15, 0.2) is 23.1 Å². The third kappa shape index (κ3) is 4.76.